The second kappa shape index (κ2) is 4.87. The molecule has 1 rings (SSSR count). The largest absolute Gasteiger partial charge is 0.537 e. The molecule has 0 fully saturated rings. The molecule has 0 radical (unpaired) electrons. The number of hydrogen-bond acceptors (Lipinski definition) is 2. The third-order valence-electron chi connectivity index (χ3n) is 1.76. The maximum atomic E-state index is 13.1. The lowest BCUT2D eigenvalue weighted by Crippen LogP contribution is -2.02. The smallest absolute Gasteiger partial charge is 0.504 e. The van der Waals surface area contributed by atoms with Crippen LogP contribution >= 0.6 is 0 Å². The van der Waals surface area contributed by atoms with Crippen LogP contribution in [0.5, 0.6) is 5.75 Å². The minimum Gasteiger partial charge on any atom is -0.537 e. The molecule has 0 heterocycles. The molecule has 0 aliphatic heterocycles. The molecule has 13 heavy (non-hydrogen) atoms. The predicted molar refractivity (Wildman–Crippen MR) is 50.4 cm³/mol. The Morgan fingerprint density at radius 1 is 1.54 bits per heavy atom. The summed E-state index contributed by atoms with van der Waals surface area (Å²) in [6.45, 7) is 2.04. The Bertz CT molecular complexity index is 278. The Balaban J connectivity index is 2.79. The summed E-state index contributed by atoms with van der Waals surface area (Å²) in [5, 5.41) is 8.43. The van der Waals surface area contributed by atoms with E-state index >= 15 is 0 Å². The van der Waals surface area contributed by atoms with Gasteiger partial charge in [0, 0.05) is 0 Å². The van der Waals surface area contributed by atoms with Gasteiger partial charge in [-0.2, -0.15) is 0 Å². The summed E-state index contributed by atoms with van der Waals surface area (Å²) in [5.41, 5.74) is 0.949. The van der Waals surface area contributed by atoms with Gasteiger partial charge in [0.15, 0.2) is 5.82 Å². The molecule has 0 spiro atoms. The van der Waals surface area contributed by atoms with E-state index in [0.717, 1.165) is 18.4 Å². The van der Waals surface area contributed by atoms with Crippen LogP contribution in [-0.4, -0.2) is 12.7 Å². The van der Waals surface area contributed by atoms with Gasteiger partial charge in [0.25, 0.3) is 0 Å². The number of benzene rings is 1. The van der Waals surface area contributed by atoms with Crippen molar-refractivity contribution in [2.45, 2.75) is 19.8 Å². The van der Waals surface area contributed by atoms with Gasteiger partial charge in [-0.25, -0.2) is 4.39 Å². The molecule has 0 aromatic heterocycles. The minimum absolute atomic E-state index is 0.0994. The van der Waals surface area contributed by atoms with Crippen molar-refractivity contribution in [2.24, 2.45) is 0 Å². The third-order valence-corrected chi connectivity index (χ3v) is 1.76. The molecular weight excluding hydrogens is 170 g/mol. The second-order valence-electron chi connectivity index (χ2n) is 2.79. The number of halogens is 1. The van der Waals surface area contributed by atoms with Crippen molar-refractivity contribution >= 4 is 7.69 Å². The molecule has 1 aromatic rings. The summed E-state index contributed by atoms with van der Waals surface area (Å²) >= 11 is 0. The van der Waals surface area contributed by atoms with Gasteiger partial charge in [-0.05, 0) is 24.1 Å². The van der Waals surface area contributed by atoms with Crippen LogP contribution in [-0.2, 0) is 6.42 Å². The summed E-state index contributed by atoms with van der Waals surface area (Å²) < 4.78 is 17.8. The van der Waals surface area contributed by atoms with Gasteiger partial charge in [-0.15, -0.1) is 0 Å². The Kier molecular flexibility index (Phi) is 3.77. The zero-order valence-corrected chi connectivity index (χ0v) is 7.59. The maximum absolute atomic E-state index is 13.1. The molecule has 0 amide bonds. The number of hydrogen-bond donors (Lipinski definition) is 1. The quantitative estimate of drug-likeness (QED) is 0.713. The standard InChI is InChI=1S/C9H12BFO2/c1-2-3-7-4-5-9(13-10-12)8(11)6-7/h4-6,10,12H,2-3H2,1H3. The molecule has 1 aromatic carbocycles. The fourth-order valence-corrected chi connectivity index (χ4v) is 1.18. The van der Waals surface area contributed by atoms with E-state index in [4.69, 9.17) is 5.02 Å². The van der Waals surface area contributed by atoms with Gasteiger partial charge in [0.05, 0.1) is 0 Å². The minimum atomic E-state index is -0.496. The van der Waals surface area contributed by atoms with Crippen LogP contribution in [0.3, 0.4) is 0 Å². The van der Waals surface area contributed by atoms with Crippen LogP contribution in [0, 0.1) is 5.82 Å². The van der Waals surface area contributed by atoms with E-state index in [2.05, 4.69) is 4.65 Å². The highest BCUT2D eigenvalue weighted by atomic mass is 19.1. The Labute approximate surface area is 77.7 Å². The SMILES string of the molecule is CCCc1ccc(OBO)c(F)c1. The summed E-state index contributed by atoms with van der Waals surface area (Å²) in [6, 6.07) is 4.78. The Morgan fingerprint density at radius 3 is 2.85 bits per heavy atom. The first-order valence-electron chi connectivity index (χ1n) is 4.30. The normalized spacial score (nSPS) is 9.77. The van der Waals surface area contributed by atoms with Crippen LogP contribution in [0.1, 0.15) is 18.9 Å². The van der Waals surface area contributed by atoms with Crippen molar-refractivity contribution in [3.05, 3.63) is 29.6 Å². The molecule has 4 heteroatoms. The lowest BCUT2D eigenvalue weighted by molar-refractivity contribution is 0.431. The van der Waals surface area contributed by atoms with Gasteiger partial charge >= 0.3 is 7.69 Å². The predicted octanol–water partition coefficient (Wildman–Crippen LogP) is 1.42. The topological polar surface area (TPSA) is 29.5 Å². The molecule has 0 bridgehead atoms. The van der Waals surface area contributed by atoms with E-state index in [1.54, 1.807) is 6.07 Å². The van der Waals surface area contributed by atoms with E-state index in [1.807, 2.05) is 6.92 Å². The van der Waals surface area contributed by atoms with Crippen molar-refractivity contribution in [1.29, 1.82) is 0 Å². The summed E-state index contributed by atoms with van der Waals surface area (Å²) in [4.78, 5) is 0. The second-order valence-corrected chi connectivity index (χ2v) is 2.79. The van der Waals surface area contributed by atoms with Gasteiger partial charge in [-0.1, -0.05) is 19.4 Å². The zero-order valence-electron chi connectivity index (χ0n) is 7.59. The third kappa shape index (κ3) is 2.74. The summed E-state index contributed by atoms with van der Waals surface area (Å²) in [6.07, 6.45) is 1.84. The molecule has 0 saturated carbocycles. The van der Waals surface area contributed by atoms with Crippen molar-refractivity contribution < 1.29 is 14.1 Å². The molecule has 2 nitrogen and oxygen atoms in total. The number of aryl methyl sites for hydroxylation is 1. The fourth-order valence-electron chi connectivity index (χ4n) is 1.18. The van der Waals surface area contributed by atoms with Crippen LogP contribution in [0.2, 0.25) is 0 Å². The monoisotopic (exact) mass is 182 g/mol. The van der Waals surface area contributed by atoms with Crippen LogP contribution < -0.4 is 4.65 Å². The summed E-state index contributed by atoms with van der Waals surface area (Å²) in [7, 11) is -0.496. The molecule has 0 aliphatic rings. The van der Waals surface area contributed by atoms with E-state index in [9.17, 15) is 4.39 Å². The van der Waals surface area contributed by atoms with Crippen LogP contribution in [0.15, 0.2) is 18.2 Å². The molecule has 1 N–H and O–H groups in total. The lowest BCUT2D eigenvalue weighted by Gasteiger charge is -2.05. The van der Waals surface area contributed by atoms with Crippen molar-refractivity contribution in [1.82, 2.24) is 0 Å². The van der Waals surface area contributed by atoms with E-state index in [-0.39, 0.29) is 5.75 Å². The molecule has 0 saturated heterocycles. The van der Waals surface area contributed by atoms with Crippen molar-refractivity contribution in [3.63, 3.8) is 0 Å². The molecule has 0 aliphatic carbocycles. The average molecular weight is 182 g/mol. The molecule has 0 atom stereocenters. The highest BCUT2D eigenvalue weighted by Crippen LogP contribution is 2.18. The van der Waals surface area contributed by atoms with Crippen LogP contribution in [0.25, 0.3) is 0 Å². The van der Waals surface area contributed by atoms with E-state index < -0.39 is 13.5 Å². The summed E-state index contributed by atoms with van der Waals surface area (Å²) in [5.74, 6) is -0.317. The van der Waals surface area contributed by atoms with Gasteiger partial charge in [0.2, 0.25) is 0 Å². The fraction of sp³-hybridized carbons (Fsp3) is 0.333. The van der Waals surface area contributed by atoms with Crippen molar-refractivity contribution in [3.8, 4) is 5.75 Å². The van der Waals surface area contributed by atoms with Gasteiger partial charge < -0.3 is 9.68 Å². The first kappa shape index (κ1) is 10.1. The Hall–Kier alpha value is -1.03. The van der Waals surface area contributed by atoms with E-state index in [0.29, 0.717) is 0 Å². The highest BCUT2D eigenvalue weighted by molar-refractivity contribution is 6.17. The first-order chi connectivity index (χ1) is 6.27. The van der Waals surface area contributed by atoms with Gasteiger partial charge in [0.1, 0.15) is 5.75 Å². The number of rotatable bonds is 4. The maximum Gasteiger partial charge on any atom is 0.504 e. The zero-order chi connectivity index (χ0) is 9.68. The first-order valence-corrected chi connectivity index (χ1v) is 4.30. The van der Waals surface area contributed by atoms with Crippen molar-refractivity contribution in [2.75, 3.05) is 0 Å². The van der Waals surface area contributed by atoms with Gasteiger partial charge in [-0.3, -0.25) is 0 Å². The molecule has 0 unspecified atom stereocenters. The average Bonchev–Trinajstić information content (AvgIpc) is 2.10. The van der Waals surface area contributed by atoms with Crippen LogP contribution in [0.4, 0.5) is 4.39 Å². The molecular formula is C9H12BFO2. The lowest BCUT2D eigenvalue weighted by atomic mass is 10.1. The molecule has 70 valence electrons. The highest BCUT2D eigenvalue weighted by Gasteiger charge is 2.03. The Morgan fingerprint density at radius 2 is 2.31 bits per heavy atom. The van der Waals surface area contributed by atoms with E-state index in [1.165, 1.54) is 12.1 Å².